The molecule has 3 rings (SSSR count). The van der Waals surface area contributed by atoms with Crippen LogP contribution in [0.1, 0.15) is 20.7 Å². The highest BCUT2D eigenvalue weighted by molar-refractivity contribution is 5.90. The van der Waals surface area contributed by atoms with Gasteiger partial charge in [0.1, 0.15) is 6.10 Å². The van der Waals surface area contributed by atoms with Crippen LogP contribution in [0.3, 0.4) is 0 Å². The second-order valence-electron chi connectivity index (χ2n) is 6.65. The van der Waals surface area contributed by atoms with Crippen LogP contribution in [0, 0.1) is 0 Å². The van der Waals surface area contributed by atoms with Gasteiger partial charge in [-0.05, 0) is 24.3 Å². The fourth-order valence-corrected chi connectivity index (χ4v) is 3.11. The number of methoxy groups -OCH3 is 2. The van der Waals surface area contributed by atoms with Crippen LogP contribution in [-0.4, -0.2) is 67.9 Å². The van der Waals surface area contributed by atoms with E-state index < -0.39 is 48.6 Å². The molecule has 164 valence electrons. The third kappa shape index (κ3) is 5.08. The molecule has 0 aromatic heterocycles. The van der Waals surface area contributed by atoms with Gasteiger partial charge >= 0.3 is 17.9 Å². The first-order valence-electron chi connectivity index (χ1n) is 9.42. The summed E-state index contributed by atoms with van der Waals surface area (Å²) in [6, 6.07) is 16.1. The van der Waals surface area contributed by atoms with Crippen LogP contribution in [0.25, 0.3) is 0 Å². The predicted molar refractivity (Wildman–Crippen MR) is 105 cm³/mol. The normalized spacial score (nSPS) is 25.3. The molecule has 5 atom stereocenters. The SMILES string of the molecule is COC(=O)[C@H]1O[C@@H](OC)[C@H](OC(=O)c2ccccc2)[C@@H](O)[C@@H]1OC(=O)c1ccccc1. The van der Waals surface area contributed by atoms with E-state index in [1.165, 1.54) is 31.4 Å². The minimum absolute atomic E-state index is 0.199. The zero-order valence-electron chi connectivity index (χ0n) is 16.9. The number of hydrogen-bond acceptors (Lipinski definition) is 9. The highest BCUT2D eigenvalue weighted by Gasteiger charge is 2.53. The summed E-state index contributed by atoms with van der Waals surface area (Å²) in [6.07, 6.45) is -7.34. The van der Waals surface area contributed by atoms with E-state index in [0.717, 1.165) is 7.11 Å². The second-order valence-corrected chi connectivity index (χ2v) is 6.65. The number of rotatable bonds is 6. The Labute approximate surface area is 178 Å². The maximum absolute atomic E-state index is 12.5. The van der Waals surface area contributed by atoms with Crippen molar-refractivity contribution in [1.82, 2.24) is 0 Å². The molecule has 2 aromatic rings. The average molecular weight is 430 g/mol. The van der Waals surface area contributed by atoms with Gasteiger partial charge in [-0.1, -0.05) is 36.4 Å². The third-order valence-corrected chi connectivity index (χ3v) is 4.69. The van der Waals surface area contributed by atoms with E-state index in [1.54, 1.807) is 36.4 Å². The Hall–Kier alpha value is -3.27. The Morgan fingerprint density at radius 2 is 1.29 bits per heavy atom. The zero-order valence-corrected chi connectivity index (χ0v) is 16.9. The van der Waals surface area contributed by atoms with Gasteiger partial charge in [0.25, 0.3) is 0 Å². The van der Waals surface area contributed by atoms with E-state index in [9.17, 15) is 19.5 Å². The standard InChI is InChI=1S/C22H22O9/c1-27-21(26)18-16(29-19(24)13-9-5-3-6-10-13)15(23)17(22(28-2)31-18)30-20(25)14-11-7-4-8-12-14/h3-12,15-18,22-23H,1-2H3/t15-,16-,17+,18-,22+/m0/s1. The van der Waals surface area contributed by atoms with Crippen LogP contribution >= 0.6 is 0 Å². The van der Waals surface area contributed by atoms with Crippen molar-refractivity contribution in [3.8, 4) is 0 Å². The van der Waals surface area contributed by atoms with E-state index in [4.69, 9.17) is 23.7 Å². The average Bonchev–Trinajstić information content (AvgIpc) is 2.82. The minimum Gasteiger partial charge on any atom is -0.467 e. The van der Waals surface area contributed by atoms with Gasteiger partial charge in [-0.2, -0.15) is 0 Å². The molecule has 9 nitrogen and oxygen atoms in total. The number of benzene rings is 2. The lowest BCUT2D eigenvalue weighted by molar-refractivity contribution is -0.286. The summed E-state index contributed by atoms with van der Waals surface area (Å²) in [5, 5.41) is 10.9. The van der Waals surface area contributed by atoms with E-state index >= 15 is 0 Å². The maximum atomic E-state index is 12.5. The Balaban J connectivity index is 1.85. The van der Waals surface area contributed by atoms with Crippen molar-refractivity contribution in [2.24, 2.45) is 0 Å². The Bertz CT molecular complexity index is 900. The Morgan fingerprint density at radius 1 is 0.806 bits per heavy atom. The molecule has 1 heterocycles. The zero-order chi connectivity index (χ0) is 22.4. The number of carbonyl (C=O) groups is 3. The molecule has 1 N–H and O–H groups in total. The van der Waals surface area contributed by atoms with Crippen LogP contribution in [0.2, 0.25) is 0 Å². The van der Waals surface area contributed by atoms with Gasteiger partial charge in [-0.3, -0.25) is 0 Å². The highest BCUT2D eigenvalue weighted by atomic mass is 16.7. The van der Waals surface area contributed by atoms with Crippen LogP contribution in [-0.2, 0) is 28.5 Å². The van der Waals surface area contributed by atoms with Crippen LogP contribution < -0.4 is 0 Å². The van der Waals surface area contributed by atoms with Crippen LogP contribution in [0.4, 0.5) is 0 Å². The van der Waals surface area contributed by atoms with Gasteiger partial charge < -0.3 is 28.8 Å². The number of hydrogen-bond donors (Lipinski definition) is 1. The monoisotopic (exact) mass is 430 g/mol. The molecule has 0 radical (unpaired) electrons. The Morgan fingerprint density at radius 3 is 1.74 bits per heavy atom. The number of esters is 3. The smallest absolute Gasteiger partial charge is 0.339 e. The summed E-state index contributed by atoms with van der Waals surface area (Å²) in [5.74, 6) is -2.44. The minimum atomic E-state index is -1.64. The molecule has 1 aliphatic heterocycles. The van der Waals surface area contributed by atoms with Crippen molar-refractivity contribution >= 4 is 17.9 Å². The van der Waals surface area contributed by atoms with Crippen molar-refractivity contribution in [3.05, 3.63) is 71.8 Å². The first kappa shape index (κ1) is 22.4. The van der Waals surface area contributed by atoms with E-state index in [2.05, 4.69) is 0 Å². The summed E-state index contributed by atoms with van der Waals surface area (Å²) >= 11 is 0. The number of aliphatic hydroxyl groups excluding tert-OH is 1. The molecule has 9 heteroatoms. The topological polar surface area (TPSA) is 118 Å². The molecule has 0 saturated carbocycles. The fraction of sp³-hybridized carbons (Fsp3) is 0.318. The quantitative estimate of drug-likeness (QED) is 0.535. The summed E-state index contributed by atoms with van der Waals surface area (Å²) in [6.45, 7) is 0. The molecular formula is C22H22O9. The summed E-state index contributed by atoms with van der Waals surface area (Å²) in [7, 11) is 2.38. The van der Waals surface area contributed by atoms with Gasteiger partial charge in [0, 0.05) is 7.11 Å². The number of aliphatic hydroxyl groups is 1. The molecule has 1 saturated heterocycles. The summed E-state index contributed by atoms with van der Waals surface area (Å²) in [4.78, 5) is 37.3. The van der Waals surface area contributed by atoms with Crippen LogP contribution in [0.5, 0.6) is 0 Å². The number of carbonyl (C=O) groups excluding carboxylic acids is 3. The Kier molecular flexibility index (Phi) is 7.35. The first-order chi connectivity index (χ1) is 15.0. The van der Waals surface area contributed by atoms with E-state index in [0.29, 0.717) is 0 Å². The maximum Gasteiger partial charge on any atom is 0.339 e. The summed E-state index contributed by atoms with van der Waals surface area (Å²) < 4.78 is 26.2. The lowest BCUT2D eigenvalue weighted by Crippen LogP contribution is -2.62. The molecule has 0 amide bonds. The molecular weight excluding hydrogens is 408 g/mol. The van der Waals surface area contributed by atoms with Gasteiger partial charge in [0.05, 0.1) is 18.2 Å². The fourth-order valence-electron chi connectivity index (χ4n) is 3.11. The van der Waals surface area contributed by atoms with Gasteiger partial charge in [-0.25, -0.2) is 14.4 Å². The molecule has 0 spiro atoms. The largest absolute Gasteiger partial charge is 0.467 e. The molecule has 1 aliphatic rings. The van der Waals surface area contributed by atoms with Crippen molar-refractivity contribution in [1.29, 1.82) is 0 Å². The van der Waals surface area contributed by atoms with Crippen molar-refractivity contribution in [2.45, 2.75) is 30.7 Å². The van der Waals surface area contributed by atoms with Crippen molar-refractivity contribution < 1.29 is 43.2 Å². The molecule has 2 aromatic carbocycles. The molecule has 0 aliphatic carbocycles. The van der Waals surface area contributed by atoms with Crippen molar-refractivity contribution in [2.75, 3.05) is 14.2 Å². The lowest BCUT2D eigenvalue weighted by Gasteiger charge is -2.41. The lowest BCUT2D eigenvalue weighted by atomic mass is 9.98. The number of ether oxygens (including phenoxy) is 5. The van der Waals surface area contributed by atoms with E-state index in [-0.39, 0.29) is 11.1 Å². The molecule has 31 heavy (non-hydrogen) atoms. The first-order valence-corrected chi connectivity index (χ1v) is 9.42. The third-order valence-electron chi connectivity index (χ3n) is 4.69. The molecule has 0 bridgehead atoms. The van der Waals surface area contributed by atoms with Gasteiger partial charge in [0.2, 0.25) is 0 Å². The van der Waals surface area contributed by atoms with Crippen LogP contribution in [0.15, 0.2) is 60.7 Å². The molecule has 1 fully saturated rings. The van der Waals surface area contributed by atoms with E-state index in [1.807, 2.05) is 0 Å². The highest BCUT2D eigenvalue weighted by Crippen LogP contribution is 2.28. The van der Waals surface area contributed by atoms with Gasteiger partial charge in [-0.15, -0.1) is 0 Å². The van der Waals surface area contributed by atoms with Gasteiger partial charge in [0.15, 0.2) is 24.6 Å². The predicted octanol–water partition coefficient (Wildman–Crippen LogP) is 1.34. The summed E-state index contributed by atoms with van der Waals surface area (Å²) in [5.41, 5.74) is 0.433. The van der Waals surface area contributed by atoms with Crippen molar-refractivity contribution in [3.63, 3.8) is 0 Å². The second kappa shape index (κ2) is 10.2. The molecule has 0 unspecified atom stereocenters.